The van der Waals surface area contributed by atoms with Crippen molar-refractivity contribution in [3.8, 4) is 152 Å². The summed E-state index contributed by atoms with van der Waals surface area (Å²) < 4.78 is 27.3. The van der Waals surface area contributed by atoms with Crippen LogP contribution in [-0.2, 0) is 0 Å². The van der Waals surface area contributed by atoms with E-state index < -0.39 is 0 Å². The molecule has 0 aliphatic carbocycles. The van der Waals surface area contributed by atoms with E-state index in [1.165, 1.54) is 54.4 Å². The average molecular weight is 1920 g/mol. The summed E-state index contributed by atoms with van der Waals surface area (Å²) in [6, 6.07) is 181. The highest BCUT2D eigenvalue weighted by Gasteiger charge is 2.27. The van der Waals surface area contributed by atoms with Gasteiger partial charge >= 0.3 is 0 Å². The number of furan rings is 3. The first-order valence-electron chi connectivity index (χ1n) is 50.4. The predicted molar refractivity (Wildman–Crippen MR) is 614 cm³/mol. The Balaban J connectivity index is 0.000000108. The summed E-state index contributed by atoms with van der Waals surface area (Å²) >= 11 is 0. The van der Waals surface area contributed by atoms with Crippen LogP contribution in [0, 0.1) is 0 Å². The molecule has 0 aliphatic heterocycles. The zero-order valence-electron chi connectivity index (χ0n) is 80.8. The molecule has 0 unspecified atom stereocenters. The number of fused-ring (bicyclic) bond motifs is 18. The van der Waals surface area contributed by atoms with E-state index in [1.807, 2.05) is 158 Å². The fraction of sp³-hybridized carbons (Fsp3) is 0. The molecule has 702 valence electrons. The molecular formula is C137H86N10O3. The van der Waals surface area contributed by atoms with Crippen molar-refractivity contribution in [3.63, 3.8) is 0 Å². The van der Waals surface area contributed by atoms with Crippen LogP contribution >= 0.6 is 0 Å². The molecule has 30 rings (SSSR count). The van der Waals surface area contributed by atoms with Gasteiger partial charge in [0.2, 0.25) is 0 Å². The van der Waals surface area contributed by atoms with Crippen molar-refractivity contribution in [2.24, 2.45) is 0 Å². The van der Waals surface area contributed by atoms with Crippen molar-refractivity contribution in [1.82, 2.24) is 48.6 Å². The van der Waals surface area contributed by atoms with Crippen LogP contribution < -0.4 is 0 Å². The van der Waals surface area contributed by atoms with Crippen LogP contribution in [0.15, 0.2) is 535 Å². The molecule has 13 nitrogen and oxygen atoms in total. The Hall–Kier alpha value is -20.4. The summed E-state index contributed by atoms with van der Waals surface area (Å²) in [6.45, 7) is 0. The number of hydrogen-bond acceptors (Lipinski definition) is 10. The Labute approximate surface area is 861 Å². The molecule has 0 atom stereocenters. The van der Waals surface area contributed by atoms with Crippen LogP contribution in [0.3, 0.4) is 0 Å². The van der Waals surface area contributed by atoms with Crippen molar-refractivity contribution in [1.29, 1.82) is 0 Å². The molecule has 21 aromatic carbocycles. The Morgan fingerprint density at radius 2 is 0.393 bits per heavy atom. The van der Waals surface area contributed by atoms with Crippen LogP contribution in [-0.4, -0.2) is 48.6 Å². The van der Waals surface area contributed by atoms with E-state index in [2.05, 4.69) is 378 Å². The number of benzene rings is 21. The van der Waals surface area contributed by atoms with Gasteiger partial charge in [-0.15, -0.1) is 0 Å². The van der Waals surface area contributed by atoms with Crippen molar-refractivity contribution >= 4 is 131 Å². The molecule has 0 radical (unpaired) electrons. The SMILES string of the molecule is c1ccc(-c2cc(-c3cccc4oc5c(-c6ccc7c8ccccc8n(-c8ccccc8)c7c6)cccc5c34)nc(-c3ccccc3)n2)cc1.c1ccc(-c2cc(-c3ccccc3)nc(-c3cccc4oc5c(-c6ccc7c8ccccc8n(-c8ccccc8)c7c6)cccc5c34)n2)cc1.c1ccc(-c2nc(-c3ccccc3)nc(-c3cccc4oc5c(-c6ccc7c(c6)c6ccccc6n7-c6ccccc6)cccc5c34)n2)cc1. The molecule has 0 spiro atoms. The van der Waals surface area contributed by atoms with E-state index in [1.54, 1.807) is 0 Å². The monoisotopic (exact) mass is 1920 g/mol. The van der Waals surface area contributed by atoms with E-state index in [9.17, 15) is 0 Å². The van der Waals surface area contributed by atoms with Crippen molar-refractivity contribution in [3.05, 3.63) is 522 Å². The van der Waals surface area contributed by atoms with Crippen LogP contribution in [0.1, 0.15) is 0 Å². The number of nitrogens with zero attached hydrogens (tertiary/aromatic N) is 10. The highest BCUT2D eigenvalue weighted by molar-refractivity contribution is 6.21. The van der Waals surface area contributed by atoms with Crippen molar-refractivity contribution in [2.75, 3.05) is 0 Å². The highest BCUT2D eigenvalue weighted by Crippen LogP contribution is 2.49. The minimum atomic E-state index is 0.603. The molecule has 0 N–H and O–H groups in total. The topological polar surface area (TPSA) is 144 Å². The lowest BCUT2D eigenvalue weighted by atomic mass is 9.98. The molecule has 150 heavy (non-hydrogen) atoms. The molecule has 13 heteroatoms. The lowest BCUT2D eigenvalue weighted by Gasteiger charge is -2.10. The maximum atomic E-state index is 6.77. The lowest BCUT2D eigenvalue weighted by molar-refractivity contribution is 0.669. The molecule has 0 bridgehead atoms. The van der Waals surface area contributed by atoms with Gasteiger partial charge in [-0.1, -0.05) is 413 Å². The van der Waals surface area contributed by atoms with Gasteiger partial charge in [0.05, 0.1) is 55.9 Å². The average Bonchev–Trinajstić information content (AvgIpc) is 1.58. The fourth-order valence-corrected chi connectivity index (χ4v) is 21.9. The van der Waals surface area contributed by atoms with E-state index in [4.69, 9.17) is 48.1 Å². The van der Waals surface area contributed by atoms with Crippen molar-refractivity contribution < 1.29 is 13.3 Å². The van der Waals surface area contributed by atoms with Gasteiger partial charge in [0, 0.05) is 148 Å². The largest absolute Gasteiger partial charge is 0.455 e. The van der Waals surface area contributed by atoms with Crippen LogP contribution in [0.4, 0.5) is 0 Å². The van der Waals surface area contributed by atoms with Gasteiger partial charge in [-0.3, -0.25) is 0 Å². The van der Waals surface area contributed by atoms with Gasteiger partial charge in [0.15, 0.2) is 29.1 Å². The molecule has 9 heterocycles. The second-order valence-electron chi connectivity index (χ2n) is 37.6. The second-order valence-corrected chi connectivity index (χ2v) is 37.6. The quantitative estimate of drug-likeness (QED) is 0.0972. The van der Waals surface area contributed by atoms with Gasteiger partial charge in [0.1, 0.15) is 33.5 Å². The van der Waals surface area contributed by atoms with E-state index in [0.29, 0.717) is 29.1 Å². The second kappa shape index (κ2) is 37.1. The van der Waals surface area contributed by atoms with Gasteiger partial charge in [-0.05, 0) is 126 Å². The molecule has 0 fully saturated rings. The van der Waals surface area contributed by atoms with Crippen LogP contribution in [0.25, 0.3) is 284 Å². The maximum absolute atomic E-state index is 6.77. The number of para-hydroxylation sites is 9. The summed E-state index contributed by atoms with van der Waals surface area (Å²) in [5.74, 6) is 3.21. The molecule has 9 aromatic heterocycles. The summed E-state index contributed by atoms with van der Waals surface area (Å²) in [5.41, 5.74) is 34.1. The zero-order valence-corrected chi connectivity index (χ0v) is 80.8. The summed E-state index contributed by atoms with van der Waals surface area (Å²) in [6.07, 6.45) is 0. The number of rotatable bonds is 15. The molecule has 0 saturated carbocycles. The standard InChI is InChI=1S/2C46H29N3O.C45H28N4O/c1-4-14-30(15-5-1)39-29-40(48-46(47-39)31-16-6-2-7-17-31)37-22-13-25-43-44(37)38-23-12-21-34(45(38)50-43)32-26-27-36-35-20-10-11-24-41(35)49(42(36)28-32)33-18-8-3-9-19-33;1-4-14-30(15-5-1)39-29-40(31-16-6-2-7-17-31)48-46(47-39)38-23-13-25-43-44(38)37-22-12-21-34(45(37)50-43)32-26-27-36-35-20-10-11-24-41(35)49(42(36)28-32)33-18-8-3-9-19-33;1-4-14-29(15-5-1)43-46-44(30-16-6-2-7-17-30)48-45(47-43)36-23-13-25-40-41(36)35-22-12-21-33(42(35)50-40)31-26-27-39-37(28-31)34-20-10-11-24-38(34)49(39)32-18-8-3-9-19-32/h2*1-29H;1-28H. The molecule has 0 aliphatic rings. The third-order valence-electron chi connectivity index (χ3n) is 28.7. The van der Waals surface area contributed by atoms with Gasteiger partial charge in [0.25, 0.3) is 0 Å². The van der Waals surface area contributed by atoms with Crippen molar-refractivity contribution in [2.45, 2.75) is 0 Å². The highest BCUT2D eigenvalue weighted by atomic mass is 16.3. The minimum absolute atomic E-state index is 0.603. The maximum Gasteiger partial charge on any atom is 0.164 e. The van der Waals surface area contributed by atoms with Gasteiger partial charge in [-0.2, -0.15) is 0 Å². The Morgan fingerprint density at radius 1 is 0.140 bits per heavy atom. The smallest absolute Gasteiger partial charge is 0.164 e. The zero-order chi connectivity index (χ0) is 99.1. The summed E-state index contributed by atoms with van der Waals surface area (Å²) in [7, 11) is 0. The molecule has 0 amide bonds. The first-order valence-corrected chi connectivity index (χ1v) is 50.4. The first-order chi connectivity index (χ1) is 74.4. The first kappa shape index (κ1) is 87.4. The van der Waals surface area contributed by atoms with E-state index >= 15 is 0 Å². The third kappa shape index (κ3) is 15.5. The number of aromatic nitrogens is 10. The Morgan fingerprint density at radius 3 is 0.787 bits per heavy atom. The number of hydrogen-bond donors (Lipinski definition) is 0. The summed E-state index contributed by atoms with van der Waals surface area (Å²) in [4.78, 5) is 35.5. The van der Waals surface area contributed by atoms with Gasteiger partial charge in [-0.25, -0.2) is 34.9 Å². The fourth-order valence-electron chi connectivity index (χ4n) is 21.9. The van der Waals surface area contributed by atoms with Crippen LogP contribution in [0.5, 0.6) is 0 Å². The molecule has 0 saturated heterocycles. The summed E-state index contributed by atoms with van der Waals surface area (Å²) in [5, 5.41) is 13.5. The molecular weight excluding hydrogens is 1830 g/mol. The lowest BCUT2D eigenvalue weighted by Crippen LogP contribution is -2.00. The molecule has 30 aromatic rings. The van der Waals surface area contributed by atoms with Crippen LogP contribution in [0.2, 0.25) is 0 Å². The predicted octanol–water partition coefficient (Wildman–Crippen LogP) is 35.8. The Bertz CT molecular complexity index is 9870. The van der Waals surface area contributed by atoms with E-state index in [-0.39, 0.29) is 0 Å². The normalized spacial score (nSPS) is 11.6. The Kier molecular flexibility index (Phi) is 21.6. The van der Waals surface area contributed by atoms with Gasteiger partial charge < -0.3 is 27.0 Å². The minimum Gasteiger partial charge on any atom is -0.455 e. The third-order valence-corrected chi connectivity index (χ3v) is 28.7. The van der Waals surface area contributed by atoms with E-state index in [0.717, 1.165) is 200 Å².